The van der Waals surface area contributed by atoms with Gasteiger partial charge in [0, 0.05) is 34.1 Å². The van der Waals surface area contributed by atoms with E-state index in [1.54, 1.807) is 0 Å². The molecular weight excluding hydrogens is 607 g/mol. The van der Waals surface area contributed by atoms with Gasteiger partial charge >= 0.3 is 0 Å². The number of rotatable bonds is 4. The Labute approximate surface area is 291 Å². The first-order valence-electron chi connectivity index (χ1n) is 17.2. The van der Waals surface area contributed by atoms with Crippen molar-refractivity contribution < 1.29 is 0 Å². The maximum absolute atomic E-state index is 5.04. The van der Waals surface area contributed by atoms with E-state index >= 15 is 0 Å². The van der Waals surface area contributed by atoms with Crippen LogP contribution >= 0.6 is 0 Å². The zero-order valence-corrected chi connectivity index (χ0v) is 27.9. The highest BCUT2D eigenvalue weighted by atomic mass is 15.1. The van der Waals surface area contributed by atoms with Crippen LogP contribution in [0.2, 0.25) is 0 Å². The molecule has 50 heavy (non-hydrogen) atoms. The van der Waals surface area contributed by atoms with Gasteiger partial charge in [-0.1, -0.05) is 123 Å². The van der Waals surface area contributed by atoms with Crippen molar-refractivity contribution in [3.05, 3.63) is 175 Å². The number of aromatic nitrogens is 3. The Morgan fingerprint density at radius 1 is 0.440 bits per heavy atom. The summed E-state index contributed by atoms with van der Waals surface area (Å²) in [5, 5.41) is 4.95. The molecule has 0 radical (unpaired) electrons. The molecule has 0 unspecified atom stereocenters. The number of hydrogen-bond acceptors (Lipinski definition) is 2. The molecule has 0 bridgehead atoms. The summed E-state index contributed by atoms with van der Waals surface area (Å²) in [6, 6.07) is 54.7. The van der Waals surface area contributed by atoms with Crippen LogP contribution in [0.4, 0.5) is 0 Å². The first-order chi connectivity index (χ1) is 24.5. The van der Waals surface area contributed by atoms with Crippen LogP contribution < -0.4 is 0 Å². The van der Waals surface area contributed by atoms with Crippen molar-refractivity contribution >= 4 is 32.6 Å². The predicted octanol–water partition coefficient (Wildman–Crippen LogP) is 12.0. The molecule has 0 N–H and O–H groups in total. The quantitative estimate of drug-likeness (QED) is 0.192. The second-order valence-corrected chi connectivity index (χ2v) is 13.9. The molecule has 0 spiro atoms. The van der Waals surface area contributed by atoms with Gasteiger partial charge in [-0.3, -0.25) is 4.57 Å². The second kappa shape index (κ2) is 10.8. The SMILES string of the molecule is CC1(C)c2ccccc2-c2cc3c(ccc4c3c3ccccc3n4-c3ncc(-c4cc(-c5ccccc5)cc(-c5ccccc5)c4)cn3)cc21. The summed E-state index contributed by atoms with van der Waals surface area (Å²) in [4.78, 5) is 10.1. The molecule has 1 aliphatic rings. The van der Waals surface area contributed by atoms with E-state index < -0.39 is 0 Å². The molecule has 3 heteroatoms. The molecule has 7 aromatic carbocycles. The number of para-hydroxylation sites is 1. The third-order valence-electron chi connectivity index (χ3n) is 10.7. The van der Waals surface area contributed by atoms with Crippen molar-refractivity contribution in [1.82, 2.24) is 14.5 Å². The van der Waals surface area contributed by atoms with Gasteiger partial charge in [0.15, 0.2) is 0 Å². The molecule has 0 saturated carbocycles. The van der Waals surface area contributed by atoms with E-state index in [4.69, 9.17) is 9.97 Å². The lowest BCUT2D eigenvalue weighted by Gasteiger charge is -2.21. The van der Waals surface area contributed by atoms with Crippen LogP contribution in [0.1, 0.15) is 25.0 Å². The maximum Gasteiger partial charge on any atom is 0.234 e. The fourth-order valence-corrected chi connectivity index (χ4v) is 8.18. The van der Waals surface area contributed by atoms with Crippen molar-refractivity contribution in [3.63, 3.8) is 0 Å². The maximum atomic E-state index is 5.04. The molecule has 0 fully saturated rings. The van der Waals surface area contributed by atoms with Gasteiger partial charge in [0.25, 0.3) is 0 Å². The minimum absolute atomic E-state index is 0.0405. The molecule has 0 saturated heterocycles. The van der Waals surface area contributed by atoms with Crippen LogP contribution in [0, 0.1) is 0 Å². The summed E-state index contributed by atoms with van der Waals surface area (Å²) in [6.07, 6.45) is 3.93. The number of fused-ring (bicyclic) bond motifs is 8. The lowest BCUT2D eigenvalue weighted by atomic mass is 9.82. The lowest BCUT2D eigenvalue weighted by molar-refractivity contribution is 0.661. The van der Waals surface area contributed by atoms with E-state index in [1.807, 2.05) is 12.4 Å². The molecule has 0 aliphatic heterocycles. The highest BCUT2D eigenvalue weighted by Gasteiger charge is 2.35. The number of benzene rings is 7. The average Bonchev–Trinajstić information content (AvgIpc) is 3.63. The van der Waals surface area contributed by atoms with Crippen LogP contribution in [0.15, 0.2) is 164 Å². The lowest BCUT2D eigenvalue weighted by Crippen LogP contribution is -2.14. The largest absolute Gasteiger partial charge is 0.278 e. The molecule has 10 rings (SSSR count). The van der Waals surface area contributed by atoms with E-state index in [2.05, 4.69) is 170 Å². The van der Waals surface area contributed by atoms with E-state index in [0.29, 0.717) is 5.95 Å². The summed E-state index contributed by atoms with van der Waals surface area (Å²) in [5.41, 5.74) is 14.4. The van der Waals surface area contributed by atoms with E-state index in [9.17, 15) is 0 Å². The molecule has 0 atom stereocenters. The topological polar surface area (TPSA) is 30.7 Å². The van der Waals surface area contributed by atoms with E-state index in [-0.39, 0.29) is 5.41 Å². The fraction of sp³-hybridized carbons (Fsp3) is 0.0638. The van der Waals surface area contributed by atoms with Gasteiger partial charge in [-0.25, -0.2) is 9.97 Å². The number of hydrogen-bond donors (Lipinski definition) is 0. The van der Waals surface area contributed by atoms with Gasteiger partial charge in [-0.2, -0.15) is 0 Å². The summed E-state index contributed by atoms with van der Waals surface area (Å²) < 4.78 is 2.22. The Hall–Kier alpha value is -6.32. The van der Waals surface area contributed by atoms with Crippen molar-refractivity contribution in [2.24, 2.45) is 0 Å². The third kappa shape index (κ3) is 4.30. The zero-order valence-electron chi connectivity index (χ0n) is 27.9. The summed E-state index contributed by atoms with van der Waals surface area (Å²) in [6.45, 7) is 4.69. The Morgan fingerprint density at radius 2 is 1.04 bits per heavy atom. The first-order valence-corrected chi connectivity index (χ1v) is 17.2. The van der Waals surface area contributed by atoms with Crippen molar-refractivity contribution in [3.8, 4) is 50.5 Å². The molecule has 1 aliphatic carbocycles. The Kier molecular flexibility index (Phi) is 6.22. The van der Waals surface area contributed by atoms with Crippen LogP contribution in [-0.2, 0) is 5.41 Å². The summed E-state index contributed by atoms with van der Waals surface area (Å²) >= 11 is 0. The third-order valence-corrected chi connectivity index (χ3v) is 10.7. The van der Waals surface area contributed by atoms with Crippen LogP contribution in [0.25, 0.3) is 83.0 Å². The van der Waals surface area contributed by atoms with Crippen molar-refractivity contribution in [2.75, 3.05) is 0 Å². The summed E-state index contributed by atoms with van der Waals surface area (Å²) in [7, 11) is 0. The monoisotopic (exact) mass is 639 g/mol. The van der Waals surface area contributed by atoms with Gasteiger partial charge in [0.1, 0.15) is 0 Å². The highest BCUT2D eigenvalue weighted by molar-refractivity contribution is 6.22. The van der Waals surface area contributed by atoms with Crippen LogP contribution in [0.5, 0.6) is 0 Å². The number of nitrogens with zero attached hydrogens (tertiary/aromatic N) is 3. The molecule has 2 heterocycles. The molecule has 2 aromatic heterocycles. The first kappa shape index (κ1) is 28.7. The molecule has 0 amide bonds. The van der Waals surface area contributed by atoms with Gasteiger partial charge < -0.3 is 0 Å². The van der Waals surface area contributed by atoms with Gasteiger partial charge in [-0.05, 0) is 103 Å². The standard InChI is InChI=1S/C47H33N3/c1-47(2)41-19-11-9-17-37(41)40-27-39-32(26-42(40)47)21-22-44-45(39)38-18-10-12-20-43(38)50(44)46-48-28-36(29-49-46)35-24-33(30-13-5-3-6-14-30)23-34(25-35)31-15-7-4-8-16-31/h3-29H,1-2H3. The highest BCUT2D eigenvalue weighted by Crippen LogP contribution is 2.51. The fourth-order valence-electron chi connectivity index (χ4n) is 8.18. The minimum Gasteiger partial charge on any atom is -0.278 e. The Bertz CT molecular complexity index is 2700. The van der Waals surface area contributed by atoms with Gasteiger partial charge in [-0.15, -0.1) is 0 Å². The van der Waals surface area contributed by atoms with Crippen molar-refractivity contribution in [2.45, 2.75) is 19.3 Å². The predicted molar refractivity (Wildman–Crippen MR) is 208 cm³/mol. The van der Waals surface area contributed by atoms with E-state index in [0.717, 1.165) is 33.3 Å². The minimum atomic E-state index is -0.0405. The molecular formula is C47H33N3. The summed E-state index contributed by atoms with van der Waals surface area (Å²) in [5.74, 6) is 0.662. The normalized spacial score (nSPS) is 13.2. The molecule has 3 nitrogen and oxygen atoms in total. The second-order valence-electron chi connectivity index (χ2n) is 13.9. The molecule has 236 valence electrons. The van der Waals surface area contributed by atoms with Gasteiger partial charge in [0.2, 0.25) is 5.95 Å². The molecule has 9 aromatic rings. The van der Waals surface area contributed by atoms with Crippen LogP contribution in [0.3, 0.4) is 0 Å². The van der Waals surface area contributed by atoms with Crippen LogP contribution in [-0.4, -0.2) is 14.5 Å². The Morgan fingerprint density at radius 3 is 1.74 bits per heavy atom. The van der Waals surface area contributed by atoms with Crippen molar-refractivity contribution in [1.29, 1.82) is 0 Å². The van der Waals surface area contributed by atoms with Gasteiger partial charge in [0.05, 0.1) is 11.0 Å². The van der Waals surface area contributed by atoms with E-state index in [1.165, 1.54) is 54.9 Å². The zero-order chi connectivity index (χ0) is 33.4. The average molecular weight is 640 g/mol. The smallest absolute Gasteiger partial charge is 0.234 e. The Balaban J connectivity index is 1.14.